The lowest BCUT2D eigenvalue weighted by Crippen LogP contribution is -2.41. The van der Waals surface area contributed by atoms with Gasteiger partial charge in [-0.25, -0.2) is 9.67 Å². The van der Waals surface area contributed by atoms with E-state index >= 15 is 0 Å². The van der Waals surface area contributed by atoms with Crippen molar-refractivity contribution in [2.75, 3.05) is 13.1 Å². The lowest BCUT2D eigenvalue weighted by Gasteiger charge is -2.32. The molecule has 7 nitrogen and oxygen atoms in total. The molecule has 0 bridgehead atoms. The lowest BCUT2D eigenvalue weighted by molar-refractivity contribution is 0.0663. The van der Waals surface area contributed by atoms with Gasteiger partial charge in [0.2, 0.25) is 0 Å². The van der Waals surface area contributed by atoms with Gasteiger partial charge in [-0.2, -0.15) is 5.10 Å². The van der Waals surface area contributed by atoms with E-state index in [1.807, 2.05) is 29.2 Å². The Balaban J connectivity index is 1.47. The van der Waals surface area contributed by atoms with Crippen LogP contribution in [0.3, 0.4) is 0 Å². The van der Waals surface area contributed by atoms with Crippen LogP contribution in [-0.4, -0.2) is 43.6 Å². The summed E-state index contributed by atoms with van der Waals surface area (Å²) in [5.74, 6) is 1.21. The van der Waals surface area contributed by atoms with Crippen LogP contribution in [0.15, 0.2) is 41.2 Å². The third-order valence-electron chi connectivity index (χ3n) is 4.91. The van der Waals surface area contributed by atoms with Crippen LogP contribution in [0.1, 0.15) is 29.2 Å². The number of para-hydroxylation sites is 2. The van der Waals surface area contributed by atoms with Crippen molar-refractivity contribution in [3.05, 3.63) is 58.3 Å². The molecular weight excluding hydrogens is 330 g/mol. The number of aryl methyl sites for hydroxylation is 1. The first-order valence-corrected chi connectivity index (χ1v) is 8.87. The molecule has 3 aromatic rings. The molecule has 0 radical (unpaired) electrons. The van der Waals surface area contributed by atoms with Gasteiger partial charge >= 0.3 is 0 Å². The Bertz CT molecular complexity index is 973. The minimum absolute atomic E-state index is 0.116. The summed E-state index contributed by atoms with van der Waals surface area (Å²) >= 11 is 0. The number of aromatic nitrogens is 4. The number of nitrogens with one attached hydrogen (secondary N) is 1. The van der Waals surface area contributed by atoms with E-state index in [4.69, 9.17) is 0 Å². The predicted molar refractivity (Wildman–Crippen MR) is 97.9 cm³/mol. The van der Waals surface area contributed by atoms with E-state index in [2.05, 4.69) is 15.1 Å². The van der Waals surface area contributed by atoms with Crippen LogP contribution in [-0.2, 0) is 13.5 Å². The fourth-order valence-electron chi connectivity index (χ4n) is 3.57. The molecule has 1 saturated heterocycles. The number of nitrogens with zero attached hydrogens (tertiary/aromatic N) is 4. The lowest BCUT2D eigenvalue weighted by atomic mass is 9.94. The van der Waals surface area contributed by atoms with Gasteiger partial charge in [0.15, 0.2) is 0 Å². The molecule has 0 spiro atoms. The van der Waals surface area contributed by atoms with Crippen molar-refractivity contribution in [1.29, 1.82) is 0 Å². The molecule has 134 valence electrons. The van der Waals surface area contributed by atoms with Crippen molar-refractivity contribution in [2.45, 2.75) is 19.3 Å². The summed E-state index contributed by atoms with van der Waals surface area (Å²) in [6.07, 6.45) is 2.85. The molecule has 7 heteroatoms. The second kappa shape index (κ2) is 6.74. The van der Waals surface area contributed by atoms with Crippen molar-refractivity contribution in [1.82, 2.24) is 24.6 Å². The largest absolute Gasteiger partial charge is 0.342 e. The first-order chi connectivity index (χ1) is 12.6. The average molecular weight is 351 g/mol. The minimum Gasteiger partial charge on any atom is -0.342 e. The number of piperidine rings is 1. The zero-order valence-electron chi connectivity index (χ0n) is 14.7. The van der Waals surface area contributed by atoms with Crippen LogP contribution in [0.5, 0.6) is 0 Å². The van der Waals surface area contributed by atoms with Crippen LogP contribution in [0.25, 0.3) is 11.0 Å². The quantitative estimate of drug-likeness (QED) is 0.779. The molecule has 1 aliphatic heterocycles. The molecule has 1 N–H and O–H groups in total. The molecule has 1 amide bonds. The number of imidazole rings is 1. The molecule has 26 heavy (non-hydrogen) atoms. The molecule has 1 fully saturated rings. The summed E-state index contributed by atoms with van der Waals surface area (Å²) in [7, 11) is 1.56. The predicted octanol–water partition coefficient (Wildman–Crippen LogP) is 1.75. The number of benzene rings is 1. The fourth-order valence-corrected chi connectivity index (χ4v) is 3.57. The minimum atomic E-state index is -0.219. The number of amides is 1. The first-order valence-electron chi connectivity index (χ1n) is 8.87. The molecule has 1 aromatic carbocycles. The van der Waals surface area contributed by atoms with E-state index in [-0.39, 0.29) is 11.5 Å². The molecule has 0 unspecified atom stereocenters. The van der Waals surface area contributed by atoms with Gasteiger partial charge in [0.05, 0.1) is 11.0 Å². The summed E-state index contributed by atoms with van der Waals surface area (Å²) in [5, 5.41) is 4.08. The van der Waals surface area contributed by atoms with E-state index in [1.165, 1.54) is 16.8 Å². The van der Waals surface area contributed by atoms with Crippen LogP contribution >= 0.6 is 0 Å². The van der Waals surface area contributed by atoms with E-state index < -0.39 is 0 Å². The first kappa shape index (κ1) is 16.5. The van der Waals surface area contributed by atoms with Crippen LogP contribution < -0.4 is 5.56 Å². The van der Waals surface area contributed by atoms with Crippen molar-refractivity contribution >= 4 is 16.9 Å². The maximum Gasteiger partial charge on any atom is 0.274 e. The Morgan fingerprint density at radius 2 is 2.12 bits per heavy atom. The topological polar surface area (TPSA) is 83.9 Å². The average Bonchev–Trinajstić information content (AvgIpc) is 3.06. The van der Waals surface area contributed by atoms with Gasteiger partial charge in [-0.05, 0) is 37.0 Å². The highest BCUT2D eigenvalue weighted by Gasteiger charge is 2.26. The number of rotatable bonds is 3. The maximum atomic E-state index is 12.7. The Kier molecular flexibility index (Phi) is 4.28. The number of aromatic amines is 1. The smallest absolute Gasteiger partial charge is 0.274 e. The van der Waals surface area contributed by atoms with Gasteiger partial charge in [-0.15, -0.1) is 0 Å². The molecular formula is C19H21N5O2. The number of hydrogen-bond donors (Lipinski definition) is 1. The SMILES string of the molecule is Cn1nc(C(=O)N2CCC[C@@H](Cc3nc4ccccc4[nH]3)C2)ccc1=O. The third kappa shape index (κ3) is 3.24. The summed E-state index contributed by atoms with van der Waals surface area (Å²) in [6.45, 7) is 1.40. The molecule has 2 aromatic heterocycles. The van der Waals surface area contributed by atoms with Crippen molar-refractivity contribution in [3.63, 3.8) is 0 Å². The van der Waals surface area contributed by atoms with Gasteiger partial charge < -0.3 is 9.88 Å². The third-order valence-corrected chi connectivity index (χ3v) is 4.91. The summed E-state index contributed by atoms with van der Waals surface area (Å²) in [4.78, 5) is 34.0. The Labute approximate surface area is 150 Å². The van der Waals surface area contributed by atoms with Gasteiger partial charge in [0.1, 0.15) is 11.5 Å². The zero-order chi connectivity index (χ0) is 18.1. The molecule has 0 saturated carbocycles. The fraction of sp³-hybridized carbons (Fsp3) is 0.368. The molecule has 0 aliphatic carbocycles. The summed E-state index contributed by atoms with van der Waals surface area (Å²) in [6, 6.07) is 10.9. The number of H-pyrrole nitrogens is 1. The number of hydrogen-bond acceptors (Lipinski definition) is 4. The molecule has 1 atom stereocenters. The number of likely N-dealkylation sites (tertiary alicyclic amines) is 1. The van der Waals surface area contributed by atoms with Crippen LogP contribution in [0.4, 0.5) is 0 Å². The summed E-state index contributed by atoms with van der Waals surface area (Å²) in [5.41, 5.74) is 2.11. The summed E-state index contributed by atoms with van der Waals surface area (Å²) < 4.78 is 1.20. The van der Waals surface area contributed by atoms with Gasteiger partial charge in [0.25, 0.3) is 11.5 Å². The van der Waals surface area contributed by atoms with Gasteiger partial charge in [-0.1, -0.05) is 12.1 Å². The van der Waals surface area contributed by atoms with Gasteiger partial charge in [0, 0.05) is 32.6 Å². The Hall–Kier alpha value is -2.96. The number of fused-ring (bicyclic) bond motifs is 1. The number of carbonyl (C=O) groups excluding carboxylic acids is 1. The van der Waals surface area contributed by atoms with Crippen molar-refractivity contribution in [2.24, 2.45) is 13.0 Å². The van der Waals surface area contributed by atoms with Crippen molar-refractivity contribution < 1.29 is 4.79 Å². The monoisotopic (exact) mass is 351 g/mol. The van der Waals surface area contributed by atoms with Crippen LogP contribution in [0.2, 0.25) is 0 Å². The van der Waals surface area contributed by atoms with E-state index in [0.29, 0.717) is 18.2 Å². The Morgan fingerprint density at radius 1 is 1.27 bits per heavy atom. The molecule has 3 heterocycles. The van der Waals surface area contributed by atoms with E-state index in [1.54, 1.807) is 7.05 Å². The second-order valence-electron chi connectivity index (χ2n) is 6.84. The van der Waals surface area contributed by atoms with E-state index in [0.717, 1.165) is 42.7 Å². The highest BCUT2D eigenvalue weighted by Crippen LogP contribution is 2.22. The normalized spacial score (nSPS) is 17.6. The van der Waals surface area contributed by atoms with E-state index in [9.17, 15) is 9.59 Å². The highest BCUT2D eigenvalue weighted by molar-refractivity contribution is 5.92. The standard InChI is InChI=1S/C19H21N5O2/c1-23-18(25)9-8-16(22-23)19(26)24-10-4-5-13(12-24)11-17-20-14-6-2-3-7-15(14)21-17/h2-3,6-9,13H,4-5,10-12H2,1H3,(H,20,21)/t13-/m0/s1. The maximum absolute atomic E-state index is 12.7. The Morgan fingerprint density at radius 3 is 2.92 bits per heavy atom. The molecule has 4 rings (SSSR count). The highest BCUT2D eigenvalue weighted by atomic mass is 16.2. The number of carbonyl (C=O) groups is 1. The van der Waals surface area contributed by atoms with Gasteiger partial charge in [-0.3, -0.25) is 9.59 Å². The van der Waals surface area contributed by atoms with Crippen molar-refractivity contribution in [3.8, 4) is 0 Å². The second-order valence-corrected chi connectivity index (χ2v) is 6.84. The van der Waals surface area contributed by atoms with Crippen LogP contribution in [0, 0.1) is 5.92 Å². The molecule has 1 aliphatic rings. The zero-order valence-corrected chi connectivity index (χ0v) is 14.7.